The number of anilines is 3. The lowest BCUT2D eigenvalue weighted by atomic mass is 9.90. The van der Waals surface area contributed by atoms with E-state index in [1.165, 1.54) is 91.9 Å². The Morgan fingerprint density at radius 2 is 1.15 bits per heavy atom. The van der Waals surface area contributed by atoms with Gasteiger partial charge in [-0.15, -0.1) is 11.3 Å². The molecular formula is C53H35NS. The molecule has 55 heavy (non-hydrogen) atoms. The van der Waals surface area contributed by atoms with E-state index in [4.69, 9.17) is 0 Å². The Balaban J connectivity index is 1.11. The lowest BCUT2D eigenvalue weighted by molar-refractivity contribution is 1.29. The lowest BCUT2D eigenvalue weighted by Gasteiger charge is -2.28. The minimum Gasteiger partial charge on any atom is -0.308 e. The highest BCUT2D eigenvalue weighted by atomic mass is 32.1. The van der Waals surface area contributed by atoms with Crippen LogP contribution in [0.5, 0.6) is 0 Å². The molecule has 0 unspecified atom stereocenters. The third-order valence-electron chi connectivity index (χ3n) is 11.2. The third-order valence-corrected chi connectivity index (χ3v) is 12.4. The second-order valence-corrected chi connectivity index (χ2v) is 15.5. The Bertz CT molecular complexity index is 3100. The van der Waals surface area contributed by atoms with Gasteiger partial charge in [-0.25, -0.2) is 0 Å². The van der Waals surface area contributed by atoms with Crippen molar-refractivity contribution in [2.24, 2.45) is 0 Å². The molecule has 0 radical (unpaired) electrons. The van der Waals surface area contributed by atoms with Crippen molar-refractivity contribution in [2.45, 2.75) is 6.42 Å². The molecule has 0 fully saturated rings. The quantitative estimate of drug-likeness (QED) is 0.166. The van der Waals surface area contributed by atoms with Crippen LogP contribution in [0.25, 0.3) is 81.2 Å². The molecule has 0 saturated heterocycles. The smallest absolute Gasteiger partial charge is 0.0640 e. The van der Waals surface area contributed by atoms with Crippen LogP contribution in [0, 0.1) is 0 Å². The number of fused-ring (bicyclic) bond motifs is 4. The zero-order valence-corrected chi connectivity index (χ0v) is 30.9. The van der Waals surface area contributed by atoms with Gasteiger partial charge in [-0.05, 0) is 110 Å². The SMILES string of the molecule is C1=Cc2cc(-c3ccc(N(c4ccc(-c5ccccc5)c5ccccc45)c4cccc5c4sc4cc(-c6ccccc6)ccc45)cc3)cc3cccc(c23)C1. The van der Waals surface area contributed by atoms with E-state index in [1.54, 1.807) is 0 Å². The Morgan fingerprint density at radius 1 is 0.436 bits per heavy atom. The maximum atomic E-state index is 2.48. The average Bonchev–Trinajstić information content (AvgIpc) is 3.64. The first kappa shape index (κ1) is 31.8. The zero-order valence-electron chi connectivity index (χ0n) is 30.1. The van der Waals surface area contributed by atoms with Crippen molar-refractivity contribution in [1.29, 1.82) is 0 Å². The van der Waals surface area contributed by atoms with E-state index in [9.17, 15) is 0 Å². The fourth-order valence-corrected chi connectivity index (χ4v) is 9.90. The van der Waals surface area contributed by atoms with E-state index < -0.39 is 0 Å². The first-order chi connectivity index (χ1) is 27.3. The van der Waals surface area contributed by atoms with Crippen LogP contribution >= 0.6 is 11.3 Å². The van der Waals surface area contributed by atoms with Crippen molar-refractivity contribution < 1.29 is 0 Å². The highest BCUT2D eigenvalue weighted by molar-refractivity contribution is 7.26. The van der Waals surface area contributed by atoms with Crippen LogP contribution in [-0.2, 0) is 6.42 Å². The van der Waals surface area contributed by atoms with Gasteiger partial charge in [0.05, 0.1) is 16.1 Å². The Hall–Kier alpha value is -6.74. The molecule has 1 nitrogen and oxygen atoms in total. The molecule has 1 aromatic heterocycles. The maximum Gasteiger partial charge on any atom is 0.0640 e. The van der Waals surface area contributed by atoms with Gasteiger partial charge in [0.2, 0.25) is 0 Å². The summed E-state index contributed by atoms with van der Waals surface area (Å²) in [6, 6.07) is 69.2. The van der Waals surface area contributed by atoms with E-state index in [2.05, 4.69) is 205 Å². The molecule has 0 N–H and O–H groups in total. The van der Waals surface area contributed by atoms with Gasteiger partial charge in [-0.3, -0.25) is 0 Å². The van der Waals surface area contributed by atoms with E-state index in [1.807, 2.05) is 11.3 Å². The van der Waals surface area contributed by atoms with Crippen LogP contribution in [0.2, 0.25) is 0 Å². The predicted octanol–water partition coefficient (Wildman–Crippen LogP) is 15.4. The zero-order chi connectivity index (χ0) is 36.3. The summed E-state index contributed by atoms with van der Waals surface area (Å²) in [5.41, 5.74) is 13.6. The largest absolute Gasteiger partial charge is 0.308 e. The molecule has 0 atom stereocenters. The number of nitrogens with zero attached hydrogens (tertiary/aromatic N) is 1. The minimum atomic E-state index is 0.996. The first-order valence-corrected chi connectivity index (χ1v) is 19.8. The molecule has 0 saturated carbocycles. The monoisotopic (exact) mass is 717 g/mol. The standard InChI is InChI=1S/C53H35NS/c1-3-12-35(13-4-1)39-26-29-47-48-22-11-23-50(53(48)55-51(47)34-39)54(49-31-30-44(37-14-5-2-6-15-37)45-20-7-8-21-46(45)49)43-27-24-36(25-28-43)42-32-40-18-9-16-38-17-10-19-41(33-42)52(38)40/h1-16,18-34H,17H2. The summed E-state index contributed by atoms with van der Waals surface area (Å²) in [5.74, 6) is 0. The van der Waals surface area contributed by atoms with Gasteiger partial charge in [0.25, 0.3) is 0 Å². The van der Waals surface area contributed by atoms with Crippen LogP contribution in [-0.4, -0.2) is 0 Å². The molecule has 258 valence electrons. The molecular weight excluding hydrogens is 683 g/mol. The van der Waals surface area contributed by atoms with Gasteiger partial charge in [-0.2, -0.15) is 0 Å². The normalized spacial score (nSPS) is 12.2. The summed E-state index contributed by atoms with van der Waals surface area (Å²) in [4.78, 5) is 2.48. The Kier molecular flexibility index (Phi) is 7.50. The van der Waals surface area contributed by atoms with Crippen molar-refractivity contribution in [3.05, 3.63) is 205 Å². The molecule has 10 aromatic rings. The lowest BCUT2D eigenvalue weighted by Crippen LogP contribution is -2.10. The number of benzene rings is 9. The van der Waals surface area contributed by atoms with Crippen molar-refractivity contribution in [3.63, 3.8) is 0 Å². The van der Waals surface area contributed by atoms with E-state index in [0.29, 0.717) is 0 Å². The summed E-state index contributed by atoms with van der Waals surface area (Å²) in [6.07, 6.45) is 5.57. The number of allylic oxidation sites excluding steroid dienone is 1. The Morgan fingerprint density at radius 3 is 1.98 bits per heavy atom. The molecule has 2 heteroatoms. The van der Waals surface area contributed by atoms with Crippen LogP contribution < -0.4 is 4.90 Å². The highest BCUT2D eigenvalue weighted by Gasteiger charge is 2.21. The topological polar surface area (TPSA) is 3.24 Å². The highest BCUT2D eigenvalue weighted by Crippen LogP contribution is 2.48. The molecule has 1 aliphatic carbocycles. The Labute approximate surface area is 324 Å². The fourth-order valence-electron chi connectivity index (χ4n) is 8.65. The van der Waals surface area contributed by atoms with Crippen molar-refractivity contribution >= 4 is 76.2 Å². The number of hydrogen-bond donors (Lipinski definition) is 0. The molecule has 0 aliphatic heterocycles. The van der Waals surface area contributed by atoms with E-state index in [0.717, 1.165) is 17.8 Å². The van der Waals surface area contributed by atoms with Gasteiger partial charge in [0, 0.05) is 26.5 Å². The summed E-state index contributed by atoms with van der Waals surface area (Å²) >= 11 is 1.88. The second kappa shape index (κ2) is 13.0. The first-order valence-electron chi connectivity index (χ1n) is 19.0. The average molecular weight is 718 g/mol. The van der Waals surface area contributed by atoms with E-state index in [-0.39, 0.29) is 0 Å². The van der Waals surface area contributed by atoms with Crippen LogP contribution in [0.4, 0.5) is 17.1 Å². The predicted molar refractivity (Wildman–Crippen MR) is 238 cm³/mol. The molecule has 1 aliphatic rings. The number of rotatable bonds is 6. The van der Waals surface area contributed by atoms with Gasteiger partial charge >= 0.3 is 0 Å². The number of thiophene rings is 1. The summed E-state index contributed by atoms with van der Waals surface area (Å²) < 4.78 is 2.57. The summed E-state index contributed by atoms with van der Waals surface area (Å²) in [7, 11) is 0. The van der Waals surface area contributed by atoms with Crippen molar-refractivity contribution in [3.8, 4) is 33.4 Å². The van der Waals surface area contributed by atoms with Gasteiger partial charge < -0.3 is 4.90 Å². The third kappa shape index (κ3) is 5.37. The second-order valence-electron chi connectivity index (χ2n) is 14.4. The van der Waals surface area contributed by atoms with Crippen molar-refractivity contribution in [1.82, 2.24) is 0 Å². The van der Waals surface area contributed by atoms with Gasteiger partial charge in [-0.1, -0.05) is 158 Å². The fraction of sp³-hybridized carbons (Fsp3) is 0.0189. The van der Waals surface area contributed by atoms with Crippen molar-refractivity contribution in [2.75, 3.05) is 4.90 Å². The van der Waals surface area contributed by atoms with Gasteiger partial charge in [0.15, 0.2) is 0 Å². The summed E-state index contributed by atoms with van der Waals surface area (Å²) in [5, 5.41) is 7.71. The number of hydrogen-bond acceptors (Lipinski definition) is 2. The molecule has 0 spiro atoms. The molecule has 11 rings (SSSR count). The van der Waals surface area contributed by atoms with E-state index >= 15 is 0 Å². The molecule has 9 aromatic carbocycles. The minimum absolute atomic E-state index is 0.996. The van der Waals surface area contributed by atoms with Crippen LogP contribution in [0.1, 0.15) is 11.1 Å². The van der Waals surface area contributed by atoms with Gasteiger partial charge in [0.1, 0.15) is 0 Å². The molecule has 0 bridgehead atoms. The molecule has 1 heterocycles. The van der Waals surface area contributed by atoms with Crippen LogP contribution in [0.15, 0.2) is 194 Å². The summed E-state index contributed by atoms with van der Waals surface area (Å²) in [6.45, 7) is 0. The maximum absolute atomic E-state index is 2.48. The van der Waals surface area contributed by atoms with Crippen LogP contribution in [0.3, 0.4) is 0 Å². The molecule has 0 amide bonds.